The molecule has 0 saturated carbocycles. The molecule has 1 atom stereocenters. The van der Waals surface area contributed by atoms with Crippen LogP contribution in [0.2, 0.25) is 0 Å². The fourth-order valence-electron chi connectivity index (χ4n) is 3.53. The number of nitrogens with zero attached hydrogens (tertiary/aromatic N) is 2. The highest BCUT2D eigenvalue weighted by Gasteiger charge is 2.45. The Balaban J connectivity index is 1.66. The zero-order valence-corrected chi connectivity index (χ0v) is 13.0. The maximum atomic E-state index is 13.0. The first-order chi connectivity index (χ1) is 11.1. The molecule has 118 valence electrons. The second kappa shape index (κ2) is 5.10. The lowest BCUT2D eigenvalue weighted by Gasteiger charge is -2.25. The molecule has 2 aromatic carbocycles. The lowest BCUT2D eigenvalue weighted by atomic mass is 9.89. The Hall–Kier alpha value is -2.33. The van der Waals surface area contributed by atoms with Gasteiger partial charge in [0.2, 0.25) is 0 Å². The molecule has 4 rings (SSSR count). The van der Waals surface area contributed by atoms with Crippen molar-refractivity contribution in [2.24, 2.45) is 0 Å². The predicted octanol–water partition coefficient (Wildman–Crippen LogP) is 3.13. The summed E-state index contributed by atoms with van der Waals surface area (Å²) in [5.74, 6) is -0.233. The summed E-state index contributed by atoms with van der Waals surface area (Å²) >= 11 is 0. The number of rotatable bonds is 2. The van der Waals surface area contributed by atoms with Gasteiger partial charge in [0.15, 0.2) is 0 Å². The SMILES string of the molecule is CN1C=C2N(CCC2(O)c2ccc(-c3ccc(F)cc3)cc2)C1. The Bertz CT molecular complexity index is 754. The third-order valence-corrected chi connectivity index (χ3v) is 4.78. The molecule has 3 nitrogen and oxygen atoms in total. The van der Waals surface area contributed by atoms with Crippen LogP contribution in [-0.2, 0) is 5.60 Å². The molecule has 1 unspecified atom stereocenters. The van der Waals surface area contributed by atoms with Crippen molar-refractivity contribution in [1.29, 1.82) is 0 Å². The molecule has 2 aliphatic rings. The topological polar surface area (TPSA) is 26.7 Å². The van der Waals surface area contributed by atoms with Crippen LogP contribution in [0.1, 0.15) is 12.0 Å². The molecule has 1 N–H and O–H groups in total. The first-order valence-electron chi connectivity index (χ1n) is 7.83. The van der Waals surface area contributed by atoms with E-state index in [1.54, 1.807) is 12.1 Å². The first-order valence-corrected chi connectivity index (χ1v) is 7.83. The summed E-state index contributed by atoms with van der Waals surface area (Å²) in [4.78, 5) is 4.31. The van der Waals surface area contributed by atoms with Crippen LogP contribution in [-0.4, -0.2) is 35.2 Å². The van der Waals surface area contributed by atoms with Crippen molar-refractivity contribution < 1.29 is 9.50 Å². The summed E-state index contributed by atoms with van der Waals surface area (Å²) in [6.45, 7) is 1.71. The number of hydrogen-bond donors (Lipinski definition) is 1. The number of aliphatic hydroxyl groups is 1. The van der Waals surface area contributed by atoms with Gasteiger partial charge in [-0.05, 0) is 28.8 Å². The number of fused-ring (bicyclic) bond motifs is 1. The summed E-state index contributed by atoms with van der Waals surface area (Å²) in [5, 5.41) is 11.2. The van der Waals surface area contributed by atoms with Crippen LogP contribution < -0.4 is 0 Å². The summed E-state index contributed by atoms with van der Waals surface area (Å²) in [7, 11) is 2.02. The third-order valence-electron chi connectivity index (χ3n) is 4.78. The Morgan fingerprint density at radius 3 is 2.26 bits per heavy atom. The third kappa shape index (κ3) is 2.30. The van der Waals surface area contributed by atoms with E-state index in [1.165, 1.54) is 12.1 Å². The zero-order valence-electron chi connectivity index (χ0n) is 13.0. The van der Waals surface area contributed by atoms with Crippen molar-refractivity contribution in [3.05, 3.63) is 71.8 Å². The second-order valence-corrected chi connectivity index (χ2v) is 6.37. The van der Waals surface area contributed by atoms with Gasteiger partial charge < -0.3 is 14.9 Å². The van der Waals surface area contributed by atoms with Gasteiger partial charge in [0, 0.05) is 26.2 Å². The van der Waals surface area contributed by atoms with E-state index < -0.39 is 5.60 Å². The van der Waals surface area contributed by atoms with Gasteiger partial charge in [-0.1, -0.05) is 36.4 Å². The van der Waals surface area contributed by atoms with Crippen LogP contribution in [0.5, 0.6) is 0 Å². The normalized spacial score (nSPS) is 23.2. The average molecular weight is 310 g/mol. The Morgan fingerprint density at radius 2 is 1.61 bits per heavy atom. The fraction of sp³-hybridized carbons (Fsp3) is 0.263. The minimum Gasteiger partial charge on any atom is -0.379 e. The molecule has 0 aliphatic carbocycles. The largest absolute Gasteiger partial charge is 0.379 e. The second-order valence-electron chi connectivity index (χ2n) is 6.37. The summed E-state index contributed by atoms with van der Waals surface area (Å²) in [6, 6.07) is 14.4. The molecule has 0 radical (unpaired) electrons. The van der Waals surface area contributed by atoms with Gasteiger partial charge in [0.25, 0.3) is 0 Å². The van der Waals surface area contributed by atoms with E-state index in [1.807, 2.05) is 37.5 Å². The molecule has 2 aliphatic heterocycles. The van der Waals surface area contributed by atoms with Crippen LogP contribution in [0.15, 0.2) is 60.4 Å². The monoisotopic (exact) mass is 310 g/mol. The van der Waals surface area contributed by atoms with Crippen molar-refractivity contribution in [1.82, 2.24) is 9.80 Å². The molecule has 1 fully saturated rings. The lowest BCUT2D eigenvalue weighted by molar-refractivity contribution is 0.0815. The van der Waals surface area contributed by atoms with Crippen molar-refractivity contribution >= 4 is 0 Å². The van der Waals surface area contributed by atoms with Crippen LogP contribution in [0.25, 0.3) is 11.1 Å². The molecule has 4 heteroatoms. The Morgan fingerprint density at radius 1 is 1.00 bits per heavy atom. The fourth-order valence-corrected chi connectivity index (χ4v) is 3.53. The van der Waals surface area contributed by atoms with Crippen LogP contribution in [0.4, 0.5) is 4.39 Å². The Kier molecular flexibility index (Phi) is 3.16. The van der Waals surface area contributed by atoms with Crippen molar-refractivity contribution in [2.75, 3.05) is 20.3 Å². The Labute approximate surface area is 135 Å². The molecular formula is C19H19FN2O. The smallest absolute Gasteiger partial charge is 0.132 e. The van der Waals surface area contributed by atoms with Crippen LogP contribution in [0.3, 0.4) is 0 Å². The molecule has 2 heterocycles. The quantitative estimate of drug-likeness (QED) is 0.923. The molecule has 0 bridgehead atoms. The van der Waals surface area contributed by atoms with E-state index in [9.17, 15) is 9.50 Å². The molecule has 23 heavy (non-hydrogen) atoms. The number of hydrogen-bond acceptors (Lipinski definition) is 3. The highest BCUT2D eigenvalue weighted by atomic mass is 19.1. The van der Waals surface area contributed by atoms with Crippen molar-refractivity contribution in [3.63, 3.8) is 0 Å². The van der Waals surface area contributed by atoms with Gasteiger partial charge in [0.05, 0.1) is 12.4 Å². The zero-order chi connectivity index (χ0) is 16.0. The molecule has 2 aromatic rings. The highest BCUT2D eigenvalue weighted by molar-refractivity contribution is 5.64. The van der Waals surface area contributed by atoms with Crippen LogP contribution in [0, 0.1) is 5.82 Å². The van der Waals surface area contributed by atoms with E-state index in [0.717, 1.165) is 35.6 Å². The summed E-state index contributed by atoms with van der Waals surface area (Å²) in [6.07, 6.45) is 2.74. The first kappa shape index (κ1) is 14.3. The van der Waals surface area contributed by atoms with E-state index in [-0.39, 0.29) is 5.82 Å². The van der Waals surface area contributed by atoms with Gasteiger partial charge in [-0.15, -0.1) is 0 Å². The molecule has 0 aromatic heterocycles. The molecule has 0 spiro atoms. The summed E-state index contributed by atoms with van der Waals surface area (Å²) in [5.41, 5.74) is 2.97. The lowest BCUT2D eigenvalue weighted by Crippen LogP contribution is -2.26. The van der Waals surface area contributed by atoms with Gasteiger partial charge in [-0.3, -0.25) is 0 Å². The van der Waals surface area contributed by atoms with Gasteiger partial charge in [0.1, 0.15) is 11.4 Å². The van der Waals surface area contributed by atoms with E-state index in [4.69, 9.17) is 0 Å². The molecule has 0 amide bonds. The van der Waals surface area contributed by atoms with Crippen molar-refractivity contribution in [2.45, 2.75) is 12.0 Å². The van der Waals surface area contributed by atoms with Crippen LogP contribution >= 0.6 is 0 Å². The maximum absolute atomic E-state index is 13.0. The molecular weight excluding hydrogens is 291 g/mol. The van der Waals surface area contributed by atoms with E-state index >= 15 is 0 Å². The maximum Gasteiger partial charge on any atom is 0.132 e. The molecule has 1 saturated heterocycles. The van der Waals surface area contributed by atoms with E-state index in [2.05, 4.69) is 9.80 Å². The minimum atomic E-state index is -0.911. The minimum absolute atomic E-state index is 0.233. The predicted molar refractivity (Wildman–Crippen MR) is 87.8 cm³/mol. The van der Waals surface area contributed by atoms with Gasteiger partial charge in [-0.2, -0.15) is 0 Å². The standard InChI is InChI=1S/C19H19FN2O/c1-21-12-18-19(23,10-11-22(18)13-21)16-6-2-14(3-7-16)15-4-8-17(20)9-5-15/h2-9,12,23H,10-11,13H2,1H3. The van der Waals surface area contributed by atoms with Gasteiger partial charge in [-0.25, -0.2) is 4.39 Å². The number of benzene rings is 2. The highest BCUT2D eigenvalue weighted by Crippen LogP contribution is 2.43. The van der Waals surface area contributed by atoms with Crippen molar-refractivity contribution in [3.8, 4) is 11.1 Å². The average Bonchev–Trinajstić information content (AvgIpc) is 3.08. The summed E-state index contributed by atoms with van der Waals surface area (Å²) < 4.78 is 13.0. The van der Waals surface area contributed by atoms with E-state index in [0.29, 0.717) is 6.42 Å². The van der Waals surface area contributed by atoms with Gasteiger partial charge >= 0.3 is 0 Å². The number of halogens is 1.